The first-order valence-corrected chi connectivity index (χ1v) is 10.1. The number of thiazole rings is 1. The molecule has 0 saturated carbocycles. The Hall–Kier alpha value is -1.93. The van der Waals surface area contributed by atoms with E-state index < -0.39 is 5.60 Å². The first-order valence-electron chi connectivity index (χ1n) is 8.92. The lowest BCUT2D eigenvalue weighted by molar-refractivity contribution is 0.0206. The van der Waals surface area contributed by atoms with Crippen molar-refractivity contribution in [2.24, 2.45) is 0 Å². The Kier molecular flexibility index (Phi) is 5.86. The van der Waals surface area contributed by atoms with E-state index in [4.69, 9.17) is 16.3 Å². The molecular weight excluding hydrogens is 386 g/mol. The van der Waals surface area contributed by atoms with Crippen molar-refractivity contribution in [1.29, 1.82) is 0 Å². The summed E-state index contributed by atoms with van der Waals surface area (Å²) in [4.78, 5) is 28.0. The van der Waals surface area contributed by atoms with Gasteiger partial charge in [-0.2, -0.15) is 0 Å². The zero-order valence-electron chi connectivity index (χ0n) is 16.0. The summed E-state index contributed by atoms with van der Waals surface area (Å²) in [5.41, 5.74) is 0.240. The van der Waals surface area contributed by atoms with Crippen LogP contribution in [0, 0.1) is 6.92 Å². The van der Waals surface area contributed by atoms with Crippen LogP contribution >= 0.6 is 22.9 Å². The highest BCUT2D eigenvalue weighted by molar-refractivity contribution is 7.15. The molecule has 9 heteroatoms. The van der Waals surface area contributed by atoms with Crippen LogP contribution in [0.4, 0.5) is 10.7 Å². The predicted octanol–water partition coefficient (Wildman–Crippen LogP) is 4.37. The summed E-state index contributed by atoms with van der Waals surface area (Å²) in [5, 5.41) is 4.68. The number of ether oxygens (including phenoxy) is 1. The van der Waals surface area contributed by atoms with Crippen molar-refractivity contribution in [3.8, 4) is 10.6 Å². The van der Waals surface area contributed by atoms with Gasteiger partial charge < -0.3 is 15.0 Å². The monoisotopic (exact) mass is 409 g/mol. The summed E-state index contributed by atoms with van der Waals surface area (Å²) < 4.78 is 5.48. The second-order valence-electron chi connectivity index (χ2n) is 7.53. The molecule has 146 valence electrons. The van der Waals surface area contributed by atoms with Crippen LogP contribution in [0.15, 0.2) is 12.3 Å². The molecule has 3 heterocycles. The van der Waals surface area contributed by atoms with Gasteiger partial charge in [-0.15, -0.1) is 11.3 Å². The molecular formula is C18H24ClN5O2S. The van der Waals surface area contributed by atoms with E-state index in [1.54, 1.807) is 11.1 Å². The average molecular weight is 410 g/mol. The SMILES string of the molecule is Cc1nc(Cl)c(-c2ccnc(N[C@H]3CCCN(C(=O)OC(C)(C)C)C3)n2)s1. The lowest BCUT2D eigenvalue weighted by Gasteiger charge is -2.34. The number of carbonyl (C=O) groups is 1. The van der Waals surface area contributed by atoms with E-state index >= 15 is 0 Å². The van der Waals surface area contributed by atoms with Crippen molar-refractivity contribution >= 4 is 35.0 Å². The third-order valence-electron chi connectivity index (χ3n) is 3.99. The molecule has 1 N–H and O–H groups in total. The van der Waals surface area contributed by atoms with Crippen molar-refractivity contribution in [2.75, 3.05) is 18.4 Å². The van der Waals surface area contributed by atoms with Crippen LogP contribution in [0.1, 0.15) is 38.6 Å². The normalized spacial score (nSPS) is 17.7. The molecule has 2 aromatic heterocycles. The molecule has 1 aliphatic rings. The van der Waals surface area contributed by atoms with E-state index in [1.165, 1.54) is 11.3 Å². The number of nitrogens with zero attached hydrogens (tertiary/aromatic N) is 4. The van der Waals surface area contributed by atoms with Crippen molar-refractivity contribution in [1.82, 2.24) is 19.9 Å². The number of hydrogen-bond acceptors (Lipinski definition) is 7. The van der Waals surface area contributed by atoms with Crippen LogP contribution in [0.2, 0.25) is 5.15 Å². The van der Waals surface area contributed by atoms with Gasteiger partial charge in [0, 0.05) is 25.3 Å². The number of rotatable bonds is 3. The van der Waals surface area contributed by atoms with Crippen LogP contribution in [0.5, 0.6) is 0 Å². The maximum atomic E-state index is 12.3. The van der Waals surface area contributed by atoms with E-state index in [9.17, 15) is 4.79 Å². The van der Waals surface area contributed by atoms with Crippen LogP contribution in [0.3, 0.4) is 0 Å². The number of halogens is 1. The maximum absolute atomic E-state index is 12.3. The van der Waals surface area contributed by atoms with Crippen molar-refractivity contribution < 1.29 is 9.53 Å². The minimum Gasteiger partial charge on any atom is -0.444 e. The zero-order valence-corrected chi connectivity index (χ0v) is 17.5. The number of nitrogens with one attached hydrogen (secondary N) is 1. The van der Waals surface area contributed by atoms with Gasteiger partial charge in [0.15, 0.2) is 0 Å². The van der Waals surface area contributed by atoms with E-state index in [2.05, 4.69) is 20.3 Å². The molecule has 3 rings (SSSR count). The molecule has 0 unspecified atom stereocenters. The Balaban J connectivity index is 1.67. The largest absolute Gasteiger partial charge is 0.444 e. The Labute approximate surface area is 168 Å². The summed E-state index contributed by atoms with van der Waals surface area (Å²) in [5.74, 6) is 0.519. The number of aromatic nitrogens is 3. The minimum absolute atomic E-state index is 0.0696. The Morgan fingerprint density at radius 2 is 2.19 bits per heavy atom. The Morgan fingerprint density at radius 3 is 2.85 bits per heavy atom. The second-order valence-corrected chi connectivity index (χ2v) is 9.09. The highest BCUT2D eigenvalue weighted by Gasteiger charge is 2.28. The van der Waals surface area contributed by atoms with Gasteiger partial charge in [-0.1, -0.05) is 11.6 Å². The molecule has 0 aliphatic carbocycles. The first kappa shape index (κ1) is 19.8. The molecule has 2 aromatic rings. The molecule has 0 bridgehead atoms. The molecule has 1 amide bonds. The van der Waals surface area contributed by atoms with Crippen LogP contribution < -0.4 is 5.32 Å². The molecule has 0 aromatic carbocycles. The van der Waals surface area contributed by atoms with E-state index in [0.717, 1.165) is 28.4 Å². The molecule has 1 saturated heterocycles. The summed E-state index contributed by atoms with van der Waals surface area (Å²) in [6.07, 6.45) is 3.25. The number of likely N-dealkylation sites (tertiary alicyclic amines) is 1. The molecule has 27 heavy (non-hydrogen) atoms. The molecule has 1 atom stereocenters. The topological polar surface area (TPSA) is 80.2 Å². The van der Waals surface area contributed by atoms with Gasteiger partial charge in [-0.3, -0.25) is 0 Å². The van der Waals surface area contributed by atoms with Gasteiger partial charge in [-0.05, 0) is 46.6 Å². The summed E-state index contributed by atoms with van der Waals surface area (Å²) in [6, 6.07) is 1.89. The number of carbonyl (C=O) groups excluding carboxylic acids is 1. The first-order chi connectivity index (χ1) is 12.7. The minimum atomic E-state index is -0.499. The van der Waals surface area contributed by atoms with Gasteiger partial charge >= 0.3 is 6.09 Å². The molecule has 7 nitrogen and oxygen atoms in total. The Bertz CT molecular complexity index is 820. The maximum Gasteiger partial charge on any atom is 0.410 e. The highest BCUT2D eigenvalue weighted by atomic mass is 35.5. The van der Waals surface area contributed by atoms with Crippen LogP contribution in [0.25, 0.3) is 10.6 Å². The lowest BCUT2D eigenvalue weighted by Crippen LogP contribution is -2.47. The van der Waals surface area contributed by atoms with Gasteiger partial charge in [-0.25, -0.2) is 19.7 Å². The zero-order chi connectivity index (χ0) is 19.6. The number of amides is 1. The standard InChI is InChI=1S/C18H24ClN5O2S/c1-11-21-15(19)14(27-11)13-7-8-20-16(23-13)22-12-6-5-9-24(10-12)17(25)26-18(2,3)4/h7-8,12H,5-6,9-10H2,1-4H3,(H,20,22,23)/t12-/m0/s1. The number of anilines is 1. The fraction of sp³-hybridized carbons (Fsp3) is 0.556. The number of hydrogen-bond donors (Lipinski definition) is 1. The van der Waals surface area contributed by atoms with Crippen molar-refractivity contribution in [3.63, 3.8) is 0 Å². The highest BCUT2D eigenvalue weighted by Crippen LogP contribution is 2.32. The predicted molar refractivity (Wildman–Crippen MR) is 107 cm³/mol. The van der Waals surface area contributed by atoms with Crippen LogP contribution in [-0.4, -0.2) is 50.7 Å². The fourth-order valence-corrected chi connectivity index (χ4v) is 4.05. The van der Waals surface area contributed by atoms with Gasteiger partial charge in [0.25, 0.3) is 0 Å². The Morgan fingerprint density at radius 1 is 1.41 bits per heavy atom. The quantitative estimate of drug-likeness (QED) is 0.810. The van der Waals surface area contributed by atoms with Crippen molar-refractivity contribution in [2.45, 2.75) is 52.2 Å². The van der Waals surface area contributed by atoms with E-state index in [0.29, 0.717) is 24.2 Å². The molecule has 0 spiro atoms. The van der Waals surface area contributed by atoms with Gasteiger partial charge in [0.2, 0.25) is 5.95 Å². The molecule has 0 radical (unpaired) electrons. The summed E-state index contributed by atoms with van der Waals surface area (Å²) in [7, 11) is 0. The van der Waals surface area contributed by atoms with Gasteiger partial charge in [0.05, 0.1) is 15.6 Å². The summed E-state index contributed by atoms with van der Waals surface area (Å²) >= 11 is 7.69. The third kappa shape index (κ3) is 5.29. The smallest absolute Gasteiger partial charge is 0.410 e. The van der Waals surface area contributed by atoms with Gasteiger partial charge in [0.1, 0.15) is 10.8 Å². The van der Waals surface area contributed by atoms with Crippen molar-refractivity contribution in [3.05, 3.63) is 22.4 Å². The van der Waals surface area contributed by atoms with Crippen LogP contribution in [-0.2, 0) is 4.74 Å². The fourth-order valence-electron chi connectivity index (χ4n) is 2.88. The second kappa shape index (κ2) is 7.98. The molecule has 1 fully saturated rings. The number of aryl methyl sites for hydroxylation is 1. The third-order valence-corrected chi connectivity index (χ3v) is 5.37. The lowest BCUT2D eigenvalue weighted by atomic mass is 10.1. The number of piperidine rings is 1. The van der Waals surface area contributed by atoms with E-state index in [-0.39, 0.29) is 12.1 Å². The van der Waals surface area contributed by atoms with E-state index in [1.807, 2.05) is 33.8 Å². The molecule has 1 aliphatic heterocycles. The summed E-state index contributed by atoms with van der Waals surface area (Å²) in [6.45, 7) is 8.78. The average Bonchev–Trinajstić information content (AvgIpc) is 2.92.